The number of carbonyl (C=O) groups is 1. The number of H-pyrrole nitrogens is 2. The number of nitrogens with one attached hydrogen (secondary N) is 2. The predicted octanol–water partition coefficient (Wildman–Crippen LogP) is 7.11. The van der Waals surface area contributed by atoms with Gasteiger partial charge in [-0.3, -0.25) is 15.0 Å². The Morgan fingerprint density at radius 3 is 2.38 bits per heavy atom. The van der Waals surface area contributed by atoms with Crippen LogP contribution < -0.4 is 5.73 Å². The molecule has 0 amide bonds. The van der Waals surface area contributed by atoms with Gasteiger partial charge in [0.25, 0.3) is 0 Å². The average Bonchev–Trinajstić information content (AvgIpc) is 2.76. The maximum Gasteiger partial charge on any atom is 0.306 e. The molecule has 0 saturated carbocycles. The minimum atomic E-state index is -0.206. The number of anilines is 1. The Balaban J connectivity index is 0.000000371. The number of carbonyl (C=O) groups excluding carboxylic acids is 1. The number of phenols is 1. The summed E-state index contributed by atoms with van der Waals surface area (Å²) in [5, 5.41) is 16.7. The van der Waals surface area contributed by atoms with Gasteiger partial charge in [0.1, 0.15) is 5.75 Å². The molecule has 0 aliphatic heterocycles. The standard InChI is InChI=1S/C21H35NO3.C6H5ClN2/c1-6-8-9-15(7-2)14-25-19(23)11-10-16-12-17(21(3,4)5)20(24)18(22)13-16;7-4-1-2-5-6(3-4)9-8-5/h12-13,15,24H,6-11,14,22H2,1-5H3;1-3,8-9H. The maximum atomic E-state index is 12.0. The summed E-state index contributed by atoms with van der Waals surface area (Å²) in [4.78, 5) is 12.0. The maximum absolute atomic E-state index is 12.0. The summed E-state index contributed by atoms with van der Waals surface area (Å²) < 4.78 is 5.45. The molecule has 3 rings (SSSR count). The molecule has 1 heterocycles. The van der Waals surface area contributed by atoms with Crippen molar-refractivity contribution >= 4 is 34.3 Å². The molecule has 1 atom stereocenters. The number of nitrogen functional groups attached to an aromatic ring is 1. The third-order valence-corrected chi connectivity index (χ3v) is 6.20. The molecule has 6 nitrogen and oxygen atoms in total. The van der Waals surface area contributed by atoms with E-state index in [9.17, 15) is 9.90 Å². The van der Waals surface area contributed by atoms with E-state index in [1.54, 1.807) is 6.07 Å². The lowest BCUT2D eigenvalue weighted by Gasteiger charge is -2.22. The zero-order valence-corrected chi connectivity index (χ0v) is 21.9. The van der Waals surface area contributed by atoms with E-state index >= 15 is 0 Å². The van der Waals surface area contributed by atoms with Gasteiger partial charge in [0, 0.05) is 17.0 Å². The highest BCUT2D eigenvalue weighted by Gasteiger charge is 2.21. The Kier molecular flexibility index (Phi) is 10.4. The molecule has 7 heteroatoms. The van der Waals surface area contributed by atoms with E-state index in [4.69, 9.17) is 22.1 Å². The SMILES string of the molecule is CCCCC(CC)COC(=O)CCc1cc(N)c(O)c(C(C)(C)C)c1.Clc1ccc2[nH][nH]c2c1. The molecule has 2 aromatic carbocycles. The molecule has 1 aromatic heterocycles. The first kappa shape index (κ1) is 27.6. The number of aromatic amines is 2. The molecule has 0 spiro atoms. The molecule has 0 radical (unpaired) electrons. The zero-order valence-electron chi connectivity index (χ0n) is 21.1. The first-order valence-electron chi connectivity index (χ1n) is 12.1. The number of aryl methyl sites for hydroxylation is 1. The van der Waals surface area contributed by atoms with Crippen LogP contribution >= 0.6 is 11.6 Å². The fraction of sp³-hybridized carbons (Fsp3) is 0.519. The number of rotatable bonds is 9. The summed E-state index contributed by atoms with van der Waals surface area (Å²) >= 11 is 5.68. The van der Waals surface area contributed by atoms with E-state index in [0.717, 1.165) is 40.0 Å². The molecular formula is C27H40ClN3O3. The van der Waals surface area contributed by atoms with Gasteiger partial charge in [-0.25, -0.2) is 0 Å². The van der Waals surface area contributed by atoms with E-state index in [2.05, 4.69) is 24.0 Å². The lowest BCUT2D eigenvalue weighted by Crippen LogP contribution is -2.15. The van der Waals surface area contributed by atoms with Crippen LogP contribution in [-0.2, 0) is 21.4 Å². The Hall–Kier alpha value is -2.60. The Morgan fingerprint density at radius 2 is 1.85 bits per heavy atom. The Labute approximate surface area is 208 Å². The number of halogens is 1. The highest BCUT2D eigenvalue weighted by Crippen LogP contribution is 2.36. The number of hydrogen-bond acceptors (Lipinski definition) is 4. The number of benzene rings is 2. The van der Waals surface area contributed by atoms with Crippen molar-refractivity contribution in [2.75, 3.05) is 12.3 Å². The number of phenolic OH excluding ortho intramolecular Hbond substituents is 1. The summed E-state index contributed by atoms with van der Waals surface area (Å²) in [5.74, 6) is 0.431. The van der Waals surface area contributed by atoms with Crippen LogP contribution in [0.25, 0.3) is 11.0 Å². The Bertz CT molecular complexity index is 1050. The van der Waals surface area contributed by atoms with E-state index in [1.807, 2.05) is 45.0 Å². The van der Waals surface area contributed by atoms with Crippen LogP contribution in [0.2, 0.25) is 5.02 Å². The fourth-order valence-corrected chi connectivity index (χ4v) is 3.84. The molecule has 5 N–H and O–H groups in total. The van der Waals surface area contributed by atoms with Crippen molar-refractivity contribution in [3.8, 4) is 5.75 Å². The average molecular weight is 490 g/mol. The summed E-state index contributed by atoms with van der Waals surface area (Å²) in [6.07, 6.45) is 5.40. The van der Waals surface area contributed by atoms with Gasteiger partial charge < -0.3 is 15.6 Å². The molecule has 0 fully saturated rings. The van der Waals surface area contributed by atoms with Gasteiger partial charge in [0.15, 0.2) is 0 Å². The summed E-state index contributed by atoms with van der Waals surface area (Å²) in [6, 6.07) is 9.36. The van der Waals surface area contributed by atoms with Crippen LogP contribution in [0.1, 0.15) is 77.8 Å². The van der Waals surface area contributed by atoms with Crippen LogP contribution in [0.15, 0.2) is 30.3 Å². The van der Waals surface area contributed by atoms with Gasteiger partial charge in [-0.05, 0) is 54.0 Å². The van der Waals surface area contributed by atoms with Crippen molar-refractivity contribution in [1.82, 2.24) is 10.2 Å². The minimum Gasteiger partial charge on any atom is -0.505 e. The molecule has 34 heavy (non-hydrogen) atoms. The van der Waals surface area contributed by atoms with E-state index in [-0.39, 0.29) is 17.1 Å². The zero-order chi connectivity index (χ0) is 25.3. The van der Waals surface area contributed by atoms with Gasteiger partial charge in [-0.15, -0.1) is 0 Å². The van der Waals surface area contributed by atoms with Crippen LogP contribution in [0.3, 0.4) is 0 Å². The van der Waals surface area contributed by atoms with Crippen molar-refractivity contribution < 1.29 is 14.6 Å². The third kappa shape index (κ3) is 8.32. The van der Waals surface area contributed by atoms with Gasteiger partial charge in [0.05, 0.1) is 23.3 Å². The van der Waals surface area contributed by atoms with Crippen molar-refractivity contribution in [1.29, 1.82) is 0 Å². The number of esters is 1. The lowest BCUT2D eigenvalue weighted by molar-refractivity contribution is -0.145. The molecule has 0 aliphatic rings. The van der Waals surface area contributed by atoms with Crippen LogP contribution in [0.5, 0.6) is 5.75 Å². The van der Waals surface area contributed by atoms with E-state index in [1.165, 1.54) is 12.8 Å². The number of nitrogens with two attached hydrogens (primary N) is 1. The first-order chi connectivity index (χ1) is 16.0. The molecule has 3 aromatic rings. The van der Waals surface area contributed by atoms with Crippen LogP contribution in [0, 0.1) is 5.92 Å². The van der Waals surface area contributed by atoms with Crippen molar-refractivity contribution in [3.63, 3.8) is 0 Å². The first-order valence-corrected chi connectivity index (χ1v) is 12.5. The second-order valence-corrected chi connectivity index (χ2v) is 10.3. The number of aromatic hydroxyl groups is 1. The quantitative estimate of drug-likeness (QED) is 0.146. The Morgan fingerprint density at radius 1 is 1.15 bits per heavy atom. The number of unbranched alkanes of at least 4 members (excludes halogenated alkanes) is 1. The second-order valence-electron chi connectivity index (χ2n) is 9.87. The third-order valence-electron chi connectivity index (χ3n) is 5.96. The summed E-state index contributed by atoms with van der Waals surface area (Å²) in [6.45, 7) is 10.9. The van der Waals surface area contributed by atoms with Gasteiger partial charge in [-0.2, -0.15) is 0 Å². The molecule has 188 valence electrons. The number of aromatic nitrogens is 2. The predicted molar refractivity (Wildman–Crippen MR) is 141 cm³/mol. The fourth-order valence-electron chi connectivity index (χ4n) is 3.66. The minimum absolute atomic E-state index is 0.139. The highest BCUT2D eigenvalue weighted by molar-refractivity contribution is 6.31. The smallest absolute Gasteiger partial charge is 0.306 e. The summed E-state index contributed by atoms with van der Waals surface area (Å²) in [7, 11) is 0. The summed E-state index contributed by atoms with van der Waals surface area (Å²) in [5.41, 5.74) is 10.0. The largest absolute Gasteiger partial charge is 0.505 e. The van der Waals surface area contributed by atoms with Crippen molar-refractivity contribution in [3.05, 3.63) is 46.5 Å². The number of fused-ring (bicyclic) bond motifs is 1. The normalized spacial score (nSPS) is 12.3. The molecule has 0 aliphatic carbocycles. The van der Waals surface area contributed by atoms with Crippen molar-refractivity contribution in [2.24, 2.45) is 5.92 Å². The van der Waals surface area contributed by atoms with E-state index < -0.39 is 0 Å². The lowest BCUT2D eigenvalue weighted by atomic mass is 9.84. The number of hydrogen-bond donors (Lipinski definition) is 4. The number of ether oxygens (including phenoxy) is 1. The second kappa shape index (κ2) is 12.7. The topological polar surface area (TPSA) is 104 Å². The molecular weight excluding hydrogens is 450 g/mol. The van der Waals surface area contributed by atoms with Gasteiger partial charge in [0.2, 0.25) is 0 Å². The molecule has 1 unspecified atom stereocenters. The van der Waals surface area contributed by atoms with E-state index in [0.29, 0.717) is 31.1 Å². The monoisotopic (exact) mass is 489 g/mol. The van der Waals surface area contributed by atoms with Crippen LogP contribution in [-0.4, -0.2) is 27.9 Å². The van der Waals surface area contributed by atoms with Gasteiger partial charge in [-0.1, -0.05) is 71.5 Å². The van der Waals surface area contributed by atoms with Gasteiger partial charge >= 0.3 is 5.97 Å². The molecule has 0 saturated heterocycles. The highest BCUT2D eigenvalue weighted by atomic mass is 35.5. The van der Waals surface area contributed by atoms with Crippen molar-refractivity contribution in [2.45, 2.75) is 78.6 Å². The van der Waals surface area contributed by atoms with Crippen LogP contribution in [0.4, 0.5) is 5.69 Å². The molecule has 0 bridgehead atoms.